The van der Waals surface area contributed by atoms with Gasteiger partial charge in [-0.15, -0.1) is 0 Å². The van der Waals surface area contributed by atoms with Crippen molar-refractivity contribution in [1.82, 2.24) is 5.32 Å². The predicted octanol–water partition coefficient (Wildman–Crippen LogP) is 1.14. The van der Waals surface area contributed by atoms with Crippen LogP contribution in [0.4, 0.5) is 0 Å². The fourth-order valence-electron chi connectivity index (χ4n) is 2.31. The summed E-state index contributed by atoms with van der Waals surface area (Å²) in [6, 6.07) is 5.85. The van der Waals surface area contributed by atoms with Crippen molar-refractivity contribution >= 4 is 0 Å². The molecule has 0 amide bonds. The number of methoxy groups -OCH3 is 2. The van der Waals surface area contributed by atoms with E-state index in [2.05, 4.69) is 5.32 Å². The zero-order chi connectivity index (χ0) is 12.3. The van der Waals surface area contributed by atoms with Gasteiger partial charge < -0.3 is 19.9 Å². The lowest BCUT2D eigenvalue weighted by molar-refractivity contribution is 0.118. The number of nitrogens with one attached hydrogen (secondary N) is 1. The Morgan fingerprint density at radius 1 is 1.24 bits per heavy atom. The third kappa shape index (κ3) is 2.53. The molecule has 1 aliphatic rings. The van der Waals surface area contributed by atoms with E-state index in [0.29, 0.717) is 6.54 Å². The van der Waals surface area contributed by atoms with Gasteiger partial charge >= 0.3 is 0 Å². The molecule has 2 N–H and O–H groups in total. The molecule has 2 atom stereocenters. The Kier molecular flexibility index (Phi) is 3.86. The quantitative estimate of drug-likeness (QED) is 0.827. The fourth-order valence-corrected chi connectivity index (χ4v) is 2.31. The van der Waals surface area contributed by atoms with E-state index in [1.165, 1.54) is 0 Å². The van der Waals surface area contributed by atoms with E-state index in [1.807, 2.05) is 18.2 Å². The van der Waals surface area contributed by atoms with Crippen molar-refractivity contribution in [1.29, 1.82) is 0 Å². The van der Waals surface area contributed by atoms with E-state index in [-0.39, 0.29) is 12.0 Å². The fraction of sp³-hybridized carbons (Fsp3) is 0.538. The van der Waals surface area contributed by atoms with Gasteiger partial charge in [-0.1, -0.05) is 6.07 Å². The van der Waals surface area contributed by atoms with E-state index in [0.717, 1.165) is 30.0 Å². The molecule has 1 aromatic carbocycles. The van der Waals surface area contributed by atoms with Crippen molar-refractivity contribution in [3.63, 3.8) is 0 Å². The molecular weight excluding hydrogens is 218 g/mol. The standard InChI is InChI=1S/C13H19NO3/c1-16-12-4-3-9(7-13(12)17-2)10-5-6-14-8-11(10)15/h3-4,7,10-11,14-15H,5-6,8H2,1-2H3. The Hall–Kier alpha value is -1.26. The normalized spacial score (nSPS) is 24.4. The van der Waals surface area contributed by atoms with E-state index in [4.69, 9.17) is 9.47 Å². The maximum absolute atomic E-state index is 9.98. The Morgan fingerprint density at radius 2 is 2.00 bits per heavy atom. The van der Waals surface area contributed by atoms with Crippen molar-refractivity contribution in [3.05, 3.63) is 23.8 Å². The summed E-state index contributed by atoms with van der Waals surface area (Å²) in [5, 5.41) is 13.2. The number of hydrogen-bond acceptors (Lipinski definition) is 4. The van der Waals surface area contributed by atoms with Gasteiger partial charge in [-0.05, 0) is 30.7 Å². The molecule has 0 saturated carbocycles. The minimum absolute atomic E-state index is 0.177. The second-order valence-electron chi connectivity index (χ2n) is 4.28. The van der Waals surface area contributed by atoms with E-state index in [9.17, 15) is 5.11 Å². The Morgan fingerprint density at radius 3 is 2.65 bits per heavy atom. The van der Waals surface area contributed by atoms with E-state index >= 15 is 0 Å². The molecule has 2 unspecified atom stereocenters. The lowest BCUT2D eigenvalue weighted by atomic mass is 9.88. The molecule has 1 fully saturated rings. The number of piperidine rings is 1. The lowest BCUT2D eigenvalue weighted by Crippen LogP contribution is -2.39. The Labute approximate surface area is 102 Å². The van der Waals surface area contributed by atoms with Crippen LogP contribution in [0.3, 0.4) is 0 Å². The van der Waals surface area contributed by atoms with Gasteiger partial charge in [0, 0.05) is 12.5 Å². The second kappa shape index (κ2) is 5.38. The summed E-state index contributed by atoms with van der Waals surface area (Å²) >= 11 is 0. The number of aliphatic hydroxyl groups excluding tert-OH is 1. The molecule has 1 heterocycles. The summed E-state index contributed by atoms with van der Waals surface area (Å²) in [6.07, 6.45) is 0.610. The van der Waals surface area contributed by atoms with Crippen LogP contribution in [0.2, 0.25) is 0 Å². The monoisotopic (exact) mass is 237 g/mol. The molecule has 0 aromatic heterocycles. The zero-order valence-corrected chi connectivity index (χ0v) is 10.3. The van der Waals surface area contributed by atoms with Crippen molar-refractivity contribution in [2.24, 2.45) is 0 Å². The highest BCUT2D eigenvalue weighted by Crippen LogP contribution is 2.33. The SMILES string of the molecule is COc1ccc(C2CCNCC2O)cc1OC. The maximum atomic E-state index is 9.98. The average molecular weight is 237 g/mol. The van der Waals surface area contributed by atoms with Gasteiger partial charge in [-0.3, -0.25) is 0 Å². The average Bonchev–Trinajstić information content (AvgIpc) is 2.38. The molecule has 2 rings (SSSR count). The van der Waals surface area contributed by atoms with Crippen LogP contribution >= 0.6 is 0 Å². The first-order valence-electron chi connectivity index (χ1n) is 5.87. The molecule has 17 heavy (non-hydrogen) atoms. The van der Waals surface area contributed by atoms with E-state index < -0.39 is 0 Å². The van der Waals surface area contributed by atoms with Crippen LogP contribution in [0.25, 0.3) is 0 Å². The topological polar surface area (TPSA) is 50.7 Å². The van der Waals surface area contributed by atoms with Crippen molar-refractivity contribution in [2.75, 3.05) is 27.3 Å². The van der Waals surface area contributed by atoms with Gasteiger partial charge in [0.05, 0.1) is 20.3 Å². The first-order valence-corrected chi connectivity index (χ1v) is 5.87. The largest absolute Gasteiger partial charge is 0.493 e. The molecule has 0 aliphatic carbocycles. The van der Waals surface area contributed by atoms with Crippen molar-refractivity contribution in [2.45, 2.75) is 18.4 Å². The number of aliphatic hydroxyl groups is 1. The Balaban J connectivity index is 2.25. The lowest BCUT2D eigenvalue weighted by Gasteiger charge is -2.29. The minimum Gasteiger partial charge on any atom is -0.493 e. The summed E-state index contributed by atoms with van der Waals surface area (Å²) in [5.41, 5.74) is 1.11. The van der Waals surface area contributed by atoms with Crippen LogP contribution < -0.4 is 14.8 Å². The third-order valence-electron chi connectivity index (χ3n) is 3.29. The predicted molar refractivity (Wildman–Crippen MR) is 65.8 cm³/mol. The van der Waals surface area contributed by atoms with Crippen LogP contribution in [0.15, 0.2) is 18.2 Å². The molecule has 1 aromatic rings. The molecule has 0 spiro atoms. The molecule has 4 heteroatoms. The number of β-amino-alcohol motifs (C(OH)–C–C–N with tert-alkyl or cyclic N) is 1. The van der Waals surface area contributed by atoms with Gasteiger partial charge in [0.2, 0.25) is 0 Å². The summed E-state index contributed by atoms with van der Waals surface area (Å²) < 4.78 is 10.5. The highest BCUT2D eigenvalue weighted by Gasteiger charge is 2.25. The third-order valence-corrected chi connectivity index (χ3v) is 3.29. The molecule has 0 bridgehead atoms. The molecule has 0 radical (unpaired) electrons. The van der Waals surface area contributed by atoms with Crippen molar-refractivity contribution in [3.8, 4) is 11.5 Å². The molecular formula is C13H19NO3. The first-order chi connectivity index (χ1) is 8.26. The van der Waals surface area contributed by atoms with Gasteiger partial charge in [0.15, 0.2) is 11.5 Å². The van der Waals surface area contributed by atoms with Gasteiger partial charge in [-0.2, -0.15) is 0 Å². The maximum Gasteiger partial charge on any atom is 0.160 e. The van der Waals surface area contributed by atoms with Gasteiger partial charge in [0.1, 0.15) is 0 Å². The number of benzene rings is 1. The highest BCUT2D eigenvalue weighted by molar-refractivity contribution is 5.44. The Bertz CT molecular complexity index is 381. The minimum atomic E-state index is -0.332. The van der Waals surface area contributed by atoms with Crippen LogP contribution in [0, 0.1) is 0 Å². The van der Waals surface area contributed by atoms with Crippen LogP contribution in [-0.2, 0) is 0 Å². The number of rotatable bonds is 3. The summed E-state index contributed by atoms with van der Waals surface area (Å²) in [5.74, 6) is 1.62. The smallest absolute Gasteiger partial charge is 0.160 e. The molecule has 1 aliphatic heterocycles. The highest BCUT2D eigenvalue weighted by atomic mass is 16.5. The summed E-state index contributed by atoms with van der Waals surface area (Å²) in [4.78, 5) is 0. The molecule has 4 nitrogen and oxygen atoms in total. The number of ether oxygens (including phenoxy) is 2. The van der Waals surface area contributed by atoms with Crippen molar-refractivity contribution < 1.29 is 14.6 Å². The van der Waals surface area contributed by atoms with Crippen LogP contribution in [0.5, 0.6) is 11.5 Å². The van der Waals surface area contributed by atoms with Gasteiger partial charge in [0.25, 0.3) is 0 Å². The molecule has 94 valence electrons. The van der Waals surface area contributed by atoms with E-state index in [1.54, 1.807) is 14.2 Å². The zero-order valence-electron chi connectivity index (χ0n) is 10.3. The van der Waals surface area contributed by atoms with Crippen LogP contribution in [0.1, 0.15) is 17.9 Å². The van der Waals surface area contributed by atoms with Gasteiger partial charge in [-0.25, -0.2) is 0 Å². The number of hydrogen-bond donors (Lipinski definition) is 2. The summed E-state index contributed by atoms with van der Waals surface area (Å²) in [6.45, 7) is 1.59. The summed E-state index contributed by atoms with van der Waals surface area (Å²) in [7, 11) is 3.25. The molecule has 1 saturated heterocycles. The first kappa shape index (κ1) is 12.2. The van der Waals surface area contributed by atoms with Crippen LogP contribution in [-0.4, -0.2) is 38.5 Å². The second-order valence-corrected chi connectivity index (χ2v) is 4.28.